The highest BCUT2D eigenvalue weighted by molar-refractivity contribution is 7.98. The highest BCUT2D eigenvalue weighted by Crippen LogP contribution is 2.39. The van der Waals surface area contributed by atoms with Crippen molar-refractivity contribution in [3.8, 4) is 11.5 Å². The van der Waals surface area contributed by atoms with E-state index in [1.54, 1.807) is 17.8 Å². The van der Waals surface area contributed by atoms with Crippen molar-refractivity contribution in [3.63, 3.8) is 0 Å². The SMILES string of the molecule is CSc1cccc(NC(=O)COC(=O)c2c3c(nc4ccccc24)/C(=C/c2ccc4c(c2)OCO4)CC3)c1. The molecule has 1 amide bonds. The molecule has 0 bridgehead atoms. The van der Waals surface area contributed by atoms with E-state index in [0.29, 0.717) is 34.3 Å². The van der Waals surface area contributed by atoms with Gasteiger partial charge in [-0.2, -0.15) is 0 Å². The van der Waals surface area contributed by atoms with Crippen LogP contribution < -0.4 is 14.8 Å². The van der Waals surface area contributed by atoms with Crippen LogP contribution in [-0.2, 0) is 16.0 Å². The maximum Gasteiger partial charge on any atom is 0.339 e. The molecule has 38 heavy (non-hydrogen) atoms. The van der Waals surface area contributed by atoms with E-state index in [-0.39, 0.29) is 13.4 Å². The second kappa shape index (κ2) is 10.2. The molecule has 2 heterocycles. The lowest BCUT2D eigenvalue weighted by Crippen LogP contribution is -2.21. The van der Waals surface area contributed by atoms with Crippen molar-refractivity contribution in [3.05, 3.63) is 89.1 Å². The summed E-state index contributed by atoms with van der Waals surface area (Å²) in [7, 11) is 0. The van der Waals surface area contributed by atoms with Crippen molar-refractivity contribution < 1.29 is 23.8 Å². The number of thioether (sulfide) groups is 1. The fourth-order valence-corrected chi connectivity index (χ4v) is 5.28. The third-order valence-corrected chi connectivity index (χ3v) is 7.30. The first kappa shape index (κ1) is 24.1. The minimum Gasteiger partial charge on any atom is -0.454 e. The number of carbonyl (C=O) groups excluding carboxylic acids is 2. The summed E-state index contributed by atoms with van der Waals surface area (Å²) in [6.45, 7) is -0.160. The summed E-state index contributed by atoms with van der Waals surface area (Å²) in [5.41, 5.74) is 5.46. The van der Waals surface area contributed by atoms with Gasteiger partial charge < -0.3 is 19.5 Å². The van der Waals surface area contributed by atoms with E-state index in [0.717, 1.165) is 39.5 Å². The first-order valence-electron chi connectivity index (χ1n) is 12.2. The summed E-state index contributed by atoms with van der Waals surface area (Å²) >= 11 is 1.58. The van der Waals surface area contributed by atoms with Crippen LogP contribution in [0.2, 0.25) is 0 Å². The highest BCUT2D eigenvalue weighted by atomic mass is 32.2. The van der Waals surface area contributed by atoms with E-state index in [9.17, 15) is 9.59 Å². The number of para-hydroxylation sites is 1. The molecule has 0 saturated carbocycles. The summed E-state index contributed by atoms with van der Waals surface area (Å²) in [5.74, 6) is 0.521. The average molecular weight is 525 g/mol. The lowest BCUT2D eigenvalue weighted by atomic mass is 10.0. The molecule has 3 aromatic carbocycles. The summed E-state index contributed by atoms with van der Waals surface area (Å²) < 4.78 is 16.5. The fourth-order valence-electron chi connectivity index (χ4n) is 4.82. The predicted molar refractivity (Wildman–Crippen MR) is 148 cm³/mol. The molecular formula is C30H24N2O5S. The van der Waals surface area contributed by atoms with Crippen molar-refractivity contribution in [2.24, 2.45) is 0 Å². The molecule has 2 aliphatic rings. The Morgan fingerprint density at radius 1 is 1.03 bits per heavy atom. The molecule has 0 spiro atoms. The molecule has 1 N–H and O–H groups in total. The van der Waals surface area contributed by atoms with Crippen LogP contribution in [0, 0.1) is 0 Å². The predicted octanol–water partition coefficient (Wildman–Crippen LogP) is 5.97. The van der Waals surface area contributed by atoms with Gasteiger partial charge in [0, 0.05) is 16.0 Å². The van der Waals surface area contributed by atoms with Crippen LogP contribution in [-0.4, -0.2) is 36.5 Å². The Morgan fingerprint density at radius 2 is 1.89 bits per heavy atom. The normalized spacial score (nSPS) is 14.5. The lowest BCUT2D eigenvalue weighted by Gasteiger charge is -2.13. The number of ether oxygens (including phenoxy) is 3. The van der Waals surface area contributed by atoms with Crippen LogP contribution in [0.1, 0.15) is 33.6 Å². The Bertz CT molecular complexity index is 1610. The Morgan fingerprint density at radius 3 is 2.79 bits per heavy atom. The van der Waals surface area contributed by atoms with E-state index < -0.39 is 11.9 Å². The molecule has 190 valence electrons. The minimum atomic E-state index is -0.530. The second-order valence-corrected chi connectivity index (χ2v) is 9.85. The number of fused-ring (bicyclic) bond motifs is 3. The largest absolute Gasteiger partial charge is 0.454 e. The number of rotatable bonds is 6. The molecule has 0 fully saturated rings. The van der Waals surface area contributed by atoms with E-state index in [2.05, 4.69) is 11.4 Å². The molecule has 1 aliphatic carbocycles. The smallest absolute Gasteiger partial charge is 0.339 e. The zero-order valence-electron chi connectivity index (χ0n) is 20.7. The van der Waals surface area contributed by atoms with Crippen LogP contribution in [0.5, 0.6) is 11.5 Å². The summed E-state index contributed by atoms with van der Waals surface area (Å²) in [6.07, 6.45) is 5.43. The van der Waals surface area contributed by atoms with Gasteiger partial charge in [0.1, 0.15) is 0 Å². The molecule has 6 rings (SSSR count). The monoisotopic (exact) mass is 524 g/mol. The van der Waals surface area contributed by atoms with Gasteiger partial charge in [0.25, 0.3) is 5.91 Å². The molecule has 0 radical (unpaired) electrons. The summed E-state index contributed by atoms with van der Waals surface area (Å²) in [4.78, 5) is 31.9. The van der Waals surface area contributed by atoms with E-state index in [1.807, 2.05) is 66.9 Å². The Balaban J connectivity index is 1.27. The lowest BCUT2D eigenvalue weighted by molar-refractivity contribution is -0.119. The van der Waals surface area contributed by atoms with Crippen LogP contribution in [0.25, 0.3) is 22.6 Å². The van der Waals surface area contributed by atoms with Gasteiger partial charge in [-0.1, -0.05) is 30.3 Å². The number of pyridine rings is 1. The van der Waals surface area contributed by atoms with Gasteiger partial charge in [-0.05, 0) is 78.3 Å². The molecular weight excluding hydrogens is 500 g/mol. The third kappa shape index (κ3) is 4.70. The Hall–Kier alpha value is -4.30. The number of nitrogens with zero attached hydrogens (tertiary/aromatic N) is 1. The van der Waals surface area contributed by atoms with Crippen molar-refractivity contribution in [2.45, 2.75) is 17.7 Å². The number of hydrogen-bond acceptors (Lipinski definition) is 7. The number of esters is 1. The number of aromatic nitrogens is 1. The highest BCUT2D eigenvalue weighted by Gasteiger charge is 2.28. The van der Waals surface area contributed by atoms with Crippen LogP contribution in [0.15, 0.2) is 71.6 Å². The fraction of sp³-hybridized carbons (Fsp3) is 0.167. The summed E-state index contributed by atoms with van der Waals surface area (Å²) in [6, 6.07) is 20.8. The van der Waals surface area contributed by atoms with Gasteiger partial charge in [0.05, 0.1) is 16.8 Å². The van der Waals surface area contributed by atoms with Gasteiger partial charge in [-0.15, -0.1) is 11.8 Å². The number of amides is 1. The second-order valence-electron chi connectivity index (χ2n) is 8.97. The standard InChI is InChI=1S/C30H24N2O5S/c1-38-21-6-4-5-20(15-21)31-27(33)16-35-30(34)28-22-7-2-3-8-24(22)32-29-19(10-11-23(28)29)13-18-9-12-25-26(14-18)37-17-36-25/h2-9,12-15H,10-11,16-17H2,1H3,(H,31,33)/b19-13+. The maximum absolute atomic E-state index is 13.4. The van der Waals surface area contributed by atoms with Crippen molar-refractivity contribution in [1.82, 2.24) is 4.98 Å². The van der Waals surface area contributed by atoms with Crippen molar-refractivity contribution in [2.75, 3.05) is 25.0 Å². The van der Waals surface area contributed by atoms with Gasteiger partial charge in [0.2, 0.25) is 6.79 Å². The molecule has 7 nitrogen and oxygen atoms in total. The van der Waals surface area contributed by atoms with Gasteiger partial charge in [-0.3, -0.25) is 4.79 Å². The van der Waals surface area contributed by atoms with E-state index in [4.69, 9.17) is 19.2 Å². The quantitative estimate of drug-likeness (QED) is 0.246. The van der Waals surface area contributed by atoms with Crippen LogP contribution in [0.3, 0.4) is 0 Å². The Kier molecular flexibility index (Phi) is 6.47. The third-order valence-electron chi connectivity index (χ3n) is 6.57. The summed E-state index contributed by atoms with van der Waals surface area (Å²) in [5, 5.41) is 3.51. The first-order valence-corrected chi connectivity index (χ1v) is 13.4. The van der Waals surface area contributed by atoms with Crippen molar-refractivity contribution in [1.29, 1.82) is 0 Å². The van der Waals surface area contributed by atoms with E-state index >= 15 is 0 Å². The van der Waals surface area contributed by atoms with Crippen LogP contribution >= 0.6 is 11.8 Å². The number of benzene rings is 3. The molecule has 0 saturated heterocycles. The molecule has 1 aliphatic heterocycles. The number of carbonyl (C=O) groups is 2. The number of hydrogen-bond donors (Lipinski definition) is 1. The zero-order chi connectivity index (χ0) is 26.1. The maximum atomic E-state index is 13.4. The van der Waals surface area contributed by atoms with Gasteiger partial charge in [-0.25, -0.2) is 9.78 Å². The first-order chi connectivity index (χ1) is 18.6. The van der Waals surface area contributed by atoms with Gasteiger partial charge in [0.15, 0.2) is 18.1 Å². The molecule has 4 aromatic rings. The molecule has 0 unspecified atom stereocenters. The number of allylic oxidation sites excluding steroid dienone is 1. The van der Waals surface area contributed by atoms with Crippen molar-refractivity contribution >= 4 is 51.9 Å². The zero-order valence-corrected chi connectivity index (χ0v) is 21.5. The van der Waals surface area contributed by atoms with Crippen LogP contribution in [0.4, 0.5) is 5.69 Å². The molecule has 1 aromatic heterocycles. The molecule has 8 heteroatoms. The number of anilines is 1. The topological polar surface area (TPSA) is 86.8 Å². The molecule has 0 atom stereocenters. The average Bonchev–Trinajstić information content (AvgIpc) is 3.57. The van der Waals surface area contributed by atoms with Gasteiger partial charge >= 0.3 is 5.97 Å². The minimum absolute atomic E-state index is 0.222. The number of nitrogens with one attached hydrogen (secondary N) is 1. The van der Waals surface area contributed by atoms with E-state index in [1.165, 1.54) is 0 Å². The Labute approximate surface area is 223 Å².